The van der Waals surface area contributed by atoms with Gasteiger partial charge in [0, 0.05) is 49.2 Å². The lowest BCUT2D eigenvalue weighted by Gasteiger charge is -2.35. The Labute approximate surface area is 176 Å². The minimum absolute atomic E-state index is 0.0715. The highest BCUT2D eigenvalue weighted by Gasteiger charge is 2.23. The van der Waals surface area contributed by atoms with Crippen LogP contribution in [0.5, 0.6) is 5.75 Å². The van der Waals surface area contributed by atoms with E-state index in [9.17, 15) is 4.79 Å². The summed E-state index contributed by atoms with van der Waals surface area (Å²) >= 11 is 0. The molecule has 7 nitrogen and oxygen atoms in total. The summed E-state index contributed by atoms with van der Waals surface area (Å²) in [5, 5.41) is 3.33. The van der Waals surface area contributed by atoms with E-state index in [1.54, 1.807) is 7.11 Å². The topological polar surface area (TPSA) is 70.6 Å². The summed E-state index contributed by atoms with van der Waals surface area (Å²) in [6.07, 6.45) is 0. The molecule has 154 valence electrons. The van der Waals surface area contributed by atoms with Crippen molar-refractivity contribution >= 4 is 23.4 Å². The first-order valence-corrected chi connectivity index (χ1v) is 9.98. The van der Waals surface area contributed by atoms with Crippen molar-refractivity contribution in [2.45, 2.75) is 6.92 Å². The summed E-state index contributed by atoms with van der Waals surface area (Å²) in [6, 6.07) is 19.0. The Kier molecular flexibility index (Phi) is 5.79. The summed E-state index contributed by atoms with van der Waals surface area (Å²) in [7, 11) is 1.65. The smallest absolute Gasteiger partial charge is 0.253 e. The number of carbonyl (C=O) groups excluding carboxylic acids is 1. The highest BCUT2D eigenvalue weighted by Crippen LogP contribution is 2.22. The van der Waals surface area contributed by atoms with Crippen LogP contribution in [0.15, 0.2) is 60.7 Å². The van der Waals surface area contributed by atoms with Crippen molar-refractivity contribution in [2.75, 3.05) is 43.5 Å². The first-order valence-electron chi connectivity index (χ1n) is 9.98. The molecule has 7 heteroatoms. The molecule has 4 rings (SSSR count). The molecule has 30 heavy (non-hydrogen) atoms. The summed E-state index contributed by atoms with van der Waals surface area (Å²) in [4.78, 5) is 26.0. The third-order valence-electron chi connectivity index (χ3n) is 5.08. The summed E-state index contributed by atoms with van der Waals surface area (Å²) in [5.74, 6) is 2.30. The third-order valence-corrected chi connectivity index (χ3v) is 5.08. The predicted molar refractivity (Wildman–Crippen MR) is 118 cm³/mol. The number of carbonyl (C=O) groups is 1. The summed E-state index contributed by atoms with van der Waals surface area (Å²) < 4.78 is 5.20. The molecular weight excluding hydrogens is 378 g/mol. The molecule has 3 aromatic rings. The number of aromatic nitrogens is 2. The van der Waals surface area contributed by atoms with Crippen LogP contribution in [0.1, 0.15) is 16.1 Å². The van der Waals surface area contributed by atoms with Gasteiger partial charge in [-0.1, -0.05) is 18.2 Å². The zero-order valence-corrected chi connectivity index (χ0v) is 17.2. The molecule has 0 radical (unpaired) electrons. The second kappa shape index (κ2) is 8.82. The molecule has 1 amide bonds. The van der Waals surface area contributed by atoms with E-state index in [2.05, 4.69) is 15.2 Å². The molecular formula is C23H25N5O2. The second-order valence-electron chi connectivity index (χ2n) is 7.19. The Bertz CT molecular complexity index is 1000. The number of anilines is 3. The first-order chi connectivity index (χ1) is 14.6. The van der Waals surface area contributed by atoms with Crippen LogP contribution >= 0.6 is 0 Å². The Morgan fingerprint density at radius 1 is 0.967 bits per heavy atom. The number of hydrogen-bond acceptors (Lipinski definition) is 6. The van der Waals surface area contributed by atoms with Gasteiger partial charge in [-0.25, -0.2) is 4.98 Å². The zero-order chi connectivity index (χ0) is 20.9. The lowest BCUT2D eigenvalue weighted by atomic mass is 10.2. The van der Waals surface area contributed by atoms with Gasteiger partial charge in [-0.2, -0.15) is 4.98 Å². The van der Waals surface area contributed by atoms with Gasteiger partial charge in [0.15, 0.2) is 0 Å². The Balaban J connectivity index is 1.42. The fourth-order valence-corrected chi connectivity index (χ4v) is 3.45. The minimum atomic E-state index is 0.0715. The van der Waals surface area contributed by atoms with Crippen molar-refractivity contribution in [3.8, 4) is 5.75 Å². The highest BCUT2D eigenvalue weighted by molar-refractivity contribution is 5.94. The van der Waals surface area contributed by atoms with Crippen LogP contribution in [0.2, 0.25) is 0 Å². The monoisotopic (exact) mass is 403 g/mol. The van der Waals surface area contributed by atoms with Crippen molar-refractivity contribution in [3.05, 3.63) is 71.9 Å². The summed E-state index contributed by atoms with van der Waals surface area (Å²) in [5.41, 5.74) is 2.54. The maximum atomic E-state index is 12.7. The van der Waals surface area contributed by atoms with Crippen LogP contribution in [0.25, 0.3) is 0 Å². The molecule has 0 saturated carbocycles. The molecule has 1 aliphatic heterocycles. The van der Waals surface area contributed by atoms with Crippen LogP contribution in [0, 0.1) is 6.92 Å². The lowest BCUT2D eigenvalue weighted by molar-refractivity contribution is 0.0746. The summed E-state index contributed by atoms with van der Waals surface area (Å²) in [6.45, 7) is 4.64. The van der Waals surface area contributed by atoms with Crippen molar-refractivity contribution in [1.29, 1.82) is 0 Å². The number of nitrogens with one attached hydrogen (secondary N) is 1. The van der Waals surface area contributed by atoms with Crippen LogP contribution in [-0.4, -0.2) is 54.1 Å². The number of hydrogen-bond donors (Lipinski definition) is 1. The van der Waals surface area contributed by atoms with Gasteiger partial charge in [0.2, 0.25) is 5.95 Å². The van der Waals surface area contributed by atoms with Crippen molar-refractivity contribution < 1.29 is 9.53 Å². The molecule has 1 fully saturated rings. The van der Waals surface area contributed by atoms with E-state index in [1.807, 2.05) is 72.5 Å². The number of rotatable bonds is 5. The van der Waals surface area contributed by atoms with Crippen molar-refractivity contribution in [1.82, 2.24) is 14.9 Å². The molecule has 0 spiro atoms. The molecule has 1 N–H and O–H groups in total. The van der Waals surface area contributed by atoms with Gasteiger partial charge in [0.1, 0.15) is 11.6 Å². The highest BCUT2D eigenvalue weighted by atomic mass is 16.5. The Morgan fingerprint density at radius 2 is 1.67 bits per heavy atom. The number of benzene rings is 2. The SMILES string of the molecule is COc1ccc(Nc2cc(C)nc(N3CCN(C(=O)c4ccccc4)CC3)n2)cc1. The van der Waals surface area contributed by atoms with Gasteiger partial charge >= 0.3 is 0 Å². The number of amides is 1. The van der Waals surface area contributed by atoms with Gasteiger partial charge in [-0.05, 0) is 43.3 Å². The quantitative estimate of drug-likeness (QED) is 0.703. The van der Waals surface area contributed by atoms with Crippen LogP contribution < -0.4 is 15.0 Å². The van der Waals surface area contributed by atoms with Gasteiger partial charge < -0.3 is 19.9 Å². The minimum Gasteiger partial charge on any atom is -0.497 e. The number of piperazine rings is 1. The van der Waals surface area contributed by atoms with Crippen LogP contribution in [-0.2, 0) is 0 Å². The number of aryl methyl sites for hydroxylation is 1. The normalized spacial score (nSPS) is 13.8. The number of nitrogens with zero attached hydrogens (tertiary/aromatic N) is 4. The lowest BCUT2D eigenvalue weighted by Crippen LogP contribution is -2.49. The fraction of sp³-hybridized carbons (Fsp3) is 0.261. The average molecular weight is 403 g/mol. The number of ether oxygens (including phenoxy) is 1. The van der Waals surface area contributed by atoms with Crippen molar-refractivity contribution in [3.63, 3.8) is 0 Å². The maximum absolute atomic E-state index is 12.7. The largest absolute Gasteiger partial charge is 0.497 e. The molecule has 0 atom stereocenters. The third kappa shape index (κ3) is 4.51. The standard InChI is InChI=1S/C23H25N5O2/c1-17-16-21(25-19-8-10-20(30-2)11-9-19)26-23(24-17)28-14-12-27(13-15-28)22(29)18-6-4-3-5-7-18/h3-11,16H,12-15H2,1-2H3,(H,24,25,26). The molecule has 2 aromatic carbocycles. The number of methoxy groups -OCH3 is 1. The molecule has 1 saturated heterocycles. The predicted octanol–water partition coefficient (Wildman–Crippen LogP) is 3.50. The van der Waals surface area contributed by atoms with E-state index in [-0.39, 0.29) is 5.91 Å². The Morgan fingerprint density at radius 3 is 2.33 bits per heavy atom. The van der Waals surface area contributed by atoms with E-state index in [0.29, 0.717) is 32.1 Å². The van der Waals surface area contributed by atoms with Gasteiger partial charge in [0.05, 0.1) is 7.11 Å². The van der Waals surface area contributed by atoms with Gasteiger partial charge in [-0.3, -0.25) is 4.79 Å². The van der Waals surface area contributed by atoms with Gasteiger partial charge in [0.25, 0.3) is 5.91 Å². The van der Waals surface area contributed by atoms with E-state index in [4.69, 9.17) is 9.72 Å². The average Bonchev–Trinajstić information content (AvgIpc) is 2.79. The Hall–Kier alpha value is -3.61. The maximum Gasteiger partial charge on any atom is 0.253 e. The molecule has 0 aliphatic carbocycles. The second-order valence-corrected chi connectivity index (χ2v) is 7.19. The molecule has 1 aromatic heterocycles. The molecule has 0 bridgehead atoms. The van der Waals surface area contributed by atoms with Crippen LogP contribution in [0.4, 0.5) is 17.5 Å². The van der Waals surface area contributed by atoms with E-state index < -0.39 is 0 Å². The van der Waals surface area contributed by atoms with E-state index >= 15 is 0 Å². The van der Waals surface area contributed by atoms with E-state index in [0.717, 1.165) is 28.5 Å². The molecule has 1 aliphatic rings. The molecule has 0 unspecified atom stereocenters. The fourth-order valence-electron chi connectivity index (χ4n) is 3.45. The molecule has 2 heterocycles. The van der Waals surface area contributed by atoms with Crippen LogP contribution in [0.3, 0.4) is 0 Å². The van der Waals surface area contributed by atoms with Crippen molar-refractivity contribution in [2.24, 2.45) is 0 Å². The van der Waals surface area contributed by atoms with Gasteiger partial charge in [-0.15, -0.1) is 0 Å². The first kappa shape index (κ1) is 19.7. The zero-order valence-electron chi connectivity index (χ0n) is 17.2. The van der Waals surface area contributed by atoms with E-state index in [1.165, 1.54) is 0 Å².